The molecule has 0 radical (unpaired) electrons. The van der Waals surface area contributed by atoms with E-state index in [1.54, 1.807) is 36.4 Å². The molecule has 0 bridgehead atoms. The van der Waals surface area contributed by atoms with Crippen LogP contribution in [0.2, 0.25) is 0 Å². The molecule has 0 unspecified atom stereocenters. The first kappa shape index (κ1) is 20.0. The van der Waals surface area contributed by atoms with Crippen LogP contribution in [0.4, 0.5) is 15.8 Å². The number of benzene rings is 3. The monoisotopic (exact) mass is 427 g/mol. The number of nitrogens with zero attached hydrogens (tertiary/aromatic N) is 3. The summed E-state index contributed by atoms with van der Waals surface area (Å²) in [6.45, 7) is 2.68. The van der Waals surface area contributed by atoms with Crippen molar-refractivity contribution in [3.8, 4) is 0 Å². The highest BCUT2D eigenvalue weighted by atomic mass is 19.1. The number of anilines is 2. The van der Waals surface area contributed by atoms with Gasteiger partial charge in [-0.15, -0.1) is 0 Å². The van der Waals surface area contributed by atoms with Crippen LogP contribution in [0, 0.1) is 5.82 Å². The van der Waals surface area contributed by atoms with Crippen molar-refractivity contribution in [1.82, 2.24) is 4.90 Å². The fourth-order valence-electron chi connectivity index (χ4n) is 4.33. The van der Waals surface area contributed by atoms with E-state index in [0.717, 1.165) is 18.8 Å². The molecule has 1 fully saturated rings. The zero-order valence-corrected chi connectivity index (χ0v) is 17.4. The maximum Gasteiger partial charge on any atom is 0.282 e. The van der Waals surface area contributed by atoms with Gasteiger partial charge in [-0.2, -0.15) is 0 Å². The lowest BCUT2D eigenvalue weighted by atomic mass is 10.0. The molecule has 0 aromatic heterocycles. The van der Waals surface area contributed by atoms with Crippen molar-refractivity contribution in [2.45, 2.75) is 0 Å². The molecule has 2 aliphatic rings. The maximum absolute atomic E-state index is 13.6. The first-order valence-electron chi connectivity index (χ1n) is 10.6. The summed E-state index contributed by atoms with van der Waals surface area (Å²) in [5.74, 6) is -1.11. The molecule has 1 saturated heterocycles. The second-order valence-electron chi connectivity index (χ2n) is 7.82. The summed E-state index contributed by atoms with van der Waals surface area (Å²) in [5.41, 5.74) is 2.92. The first-order valence-corrected chi connectivity index (χ1v) is 10.6. The van der Waals surface area contributed by atoms with Crippen molar-refractivity contribution in [2.75, 3.05) is 36.0 Å². The number of imide groups is 1. The van der Waals surface area contributed by atoms with Gasteiger partial charge in [0.1, 0.15) is 11.5 Å². The highest BCUT2D eigenvalue weighted by Gasteiger charge is 2.43. The van der Waals surface area contributed by atoms with Crippen molar-refractivity contribution in [3.05, 3.63) is 102 Å². The summed E-state index contributed by atoms with van der Waals surface area (Å²) in [5, 5.41) is 0. The van der Waals surface area contributed by atoms with Crippen LogP contribution in [0.3, 0.4) is 0 Å². The van der Waals surface area contributed by atoms with E-state index in [1.807, 2.05) is 29.2 Å². The molecule has 2 aliphatic heterocycles. The van der Waals surface area contributed by atoms with E-state index in [4.69, 9.17) is 0 Å². The fraction of sp³-hybridized carbons (Fsp3) is 0.154. The minimum Gasteiger partial charge on any atom is -0.368 e. The Morgan fingerprint density at radius 3 is 1.72 bits per heavy atom. The number of carbonyl (C=O) groups excluding carboxylic acids is 2. The zero-order chi connectivity index (χ0) is 22.1. The Morgan fingerprint density at radius 2 is 1.12 bits per heavy atom. The van der Waals surface area contributed by atoms with Gasteiger partial charge < -0.3 is 9.80 Å². The topological polar surface area (TPSA) is 43.9 Å². The molecule has 2 amide bonds. The van der Waals surface area contributed by atoms with Crippen molar-refractivity contribution in [2.24, 2.45) is 0 Å². The van der Waals surface area contributed by atoms with Crippen LogP contribution >= 0.6 is 0 Å². The minimum atomic E-state index is -0.385. The lowest BCUT2D eigenvalue weighted by molar-refractivity contribution is -0.120. The summed E-state index contributed by atoms with van der Waals surface area (Å²) < 4.78 is 13.6. The number of carbonyl (C=O) groups is 2. The molecule has 32 heavy (non-hydrogen) atoms. The van der Waals surface area contributed by atoms with Crippen molar-refractivity contribution < 1.29 is 14.0 Å². The van der Waals surface area contributed by atoms with Gasteiger partial charge in [0.15, 0.2) is 0 Å². The van der Waals surface area contributed by atoms with Crippen molar-refractivity contribution in [3.63, 3.8) is 0 Å². The van der Waals surface area contributed by atoms with E-state index >= 15 is 0 Å². The Morgan fingerprint density at radius 1 is 0.594 bits per heavy atom. The highest BCUT2D eigenvalue weighted by Crippen LogP contribution is 2.35. The van der Waals surface area contributed by atoms with E-state index in [-0.39, 0.29) is 17.6 Å². The summed E-state index contributed by atoms with van der Waals surface area (Å²) in [6, 6.07) is 24.8. The predicted octanol–water partition coefficient (Wildman–Crippen LogP) is 3.93. The van der Waals surface area contributed by atoms with Gasteiger partial charge in [-0.3, -0.25) is 9.59 Å². The molecule has 6 heteroatoms. The zero-order valence-electron chi connectivity index (χ0n) is 17.4. The van der Waals surface area contributed by atoms with Gasteiger partial charge in [0.2, 0.25) is 0 Å². The molecular formula is C26H22FN3O2. The number of hydrogen-bond acceptors (Lipinski definition) is 4. The molecule has 5 rings (SSSR count). The molecule has 0 saturated carbocycles. The number of para-hydroxylation sites is 2. The van der Waals surface area contributed by atoms with Crippen LogP contribution < -0.4 is 9.80 Å². The Kier molecular flexibility index (Phi) is 5.19. The van der Waals surface area contributed by atoms with E-state index in [2.05, 4.69) is 17.0 Å². The van der Waals surface area contributed by atoms with Gasteiger partial charge in [0.05, 0.1) is 11.3 Å². The van der Waals surface area contributed by atoms with Gasteiger partial charge in [-0.05, 0) is 42.0 Å². The molecule has 0 spiro atoms. The molecule has 3 aromatic rings. The Balaban J connectivity index is 1.50. The molecule has 3 aromatic carbocycles. The van der Waals surface area contributed by atoms with Crippen LogP contribution in [-0.2, 0) is 9.59 Å². The summed E-state index contributed by atoms with van der Waals surface area (Å²) in [6.07, 6.45) is 0. The molecular weight excluding hydrogens is 405 g/mol. The SMILES string of the molecule is O=C1C(c2ccc(F)cc2)=C(N2CCN(c3ccccc3)CC2)C(=O)N1c1ccccc1. The lowest BCUT2D eigenvalue weighted by Crippen LogP contribution is -2.47. The first-order chi connectivity index (χ1) is 15.6. The summed E-state index contributed by atoms with van der Waals surface area (Å²) in [4.78, 5) is 32.5. The third-order valence-corrected chi connectivity index (χ3v) is 5.92. The Labute approximate surface area is 186 Å². The number of hydrogen-bond donors (Lipinski definition) is 0. The second kappa shape index (κ2) is 8.30. The molecule has 160 valence electrons. The average Bonchev–Trinajstić information content (AvgIpc) is 3.10. The normalized spacial score (nSPS) is 16.8. The van der Waals surface area contributed by atoms with Gasteiger partial charge in [-0.1, -0.05) is 48.5 Å². The summed E-state index contributed by atoms with van der Waals surface area (Å²) in [7, 11) is 0. The second-order valence-corrected chi connectivity index (χ2v) is 7.82. The standard InChI is InChI=1S/C26H22FN3O2/c27-20-13-11-19(12-14-20)23-24(26(32)30(25(23)31)22-9-5-2-6-10-22)29-17-15-28(16-18-29)21-7-3-1-4-8-21/h1-14H,15-18H2. The van der Waals surface area contributed by atoms with Crippen LogP contribution in [0.5, 0.6) is 0 Å². The van der Waals surface area contributed by atoms with E-state index < -0.39 is 0 Å². The Hall–Kier alpha value is -3.93. The van der Waals surface area contributed by atoms with Gasteiger partial charge >= 0.3 is 0 Å². The van der Waals surface area contributed by atoms with Crippen molar-refractivity contribution >= 4 is 28.8 Å². The largest absolute Gasteiger partial charge is 0.368 e. The smallest absolute Gasteiger partial charge is 0.282 e. The van der Waals surface area contributed by atoms with Crippen LogP contribution in [-0.4, -0.2) is 42.9 Å². The quantitative estimate of drug-likeness (QED) is 0.592. The predicted molar refractivity (Wildman–Crippen MR) is 122 cm³/mol. The van der Waals surface area contributed by atoms with E-state index in [9.17, 15) is 14.0 Å². The molecule has 2 heterocycles. The molecule has 0 atom stereocenters. The van der Waals surface area contributed by atoms with Gasteiger partial charge in [0, 0.05) is 31.9 Å². The summed E-state index contributed by atoms with van der Waals surface area (Å²) >= 11 is 0. The van der Waals surface area contributed by atoms with Crippen LogP contribution in [0.25, 0.3) is 5.57 Å². The van der Waals surface area contributed by atoms with Crippen LogP contribution in [0.1, 0.15) is 5.56 Å². The third kappa shape index (κ3) is 3.54. The third-order valence-electron chi connectivity index (χ3n) is 5.92. The number of halogens is 1. The fourth-order valence-corrected chi connectivity index (χ4v) is 4.33. The highest BCUT2D eigenvalue weighted by molar-refractivity contribution is 6.45. The molecule has 0 aliphatic carbocycles. The number of amides is 2. The molecule has 5 nitrogen and oxygen atoms in total. The minimum absolute atomic E-state index is 0.326. The Bertz CT molecular complexity index is 1170. The lowest BCUT2D eigenvalue weighted by Gasteiger charge is -2.37. The molecule has 0 N–H and O–H groups in total. The van der Waals surface area contributed by atoms with Gasteiger partial charge in [-0.25, -0.2) is 9.29 Å². The van der Waals surface area contributed by atoms with Crippen molar-refractivity contribution in [1.29, 1.82) is 0 Å². The van der Waals surface area contributed by atoms with Crippen LogP contribution in [0.15, 0.2) is 90.6 Å². The van der Waals surface area contributed by atoms with Gasteiger partial charge in [0.25, 0.3) is 11.8 Å². The van der Waals surface area contributed by atoms with E-state index in [1.165, 1.54) is 17.0 Å². The van der Waals surface area contributed by atoms with E-state index in [0.29, 0.717) is 35.6 Å². The maximum atomic E-state index is 13.6. The average molecular weight is 427 g/mol. The number of rotatable bonds is 4. The number of piperazine rings is 1.